The number of hydrogen-bond acceptors (Lipinski definition) is 6. The van der Waals surface area contributed by atoms with Crippen LogP contribution in [0.2, 0.25) is 0 Å². The fraction of sp³-hybridized carbons (Fsp3) is 0.190. The fourth-order valence-electron chi connectivity index (χ4n) is 2.40. The molecule has 1 heterocycles. The first-order valence-electron chi connectivity index (χ1n) is 8.55. The van der Waals surface area contributed by atoms with Gasteiger partial charge in [-0.05, 0) is 42.0 Å². The van der Waals surface area contributed by atoms with E-state index in [0.717, 1.165) is 0 Å². The first kappa shape index (κ1) is 19.3. The molecular formula is C21H18FNO5. The Morgan fingerprint density at radius 2 is 1.96 bits per heavy atom. The summed E-state index contributed by atoms with van der Waals surface area (Å²) in [5.74, 6) is -1.11. The van der Waals surface area contributed by atoms with Crippen molar-refractivity contribution >= 4 is 23.9 Å². The van der Waals surface area contributed by atoms with Gasteiger partial charge in [-0.2, -0.15) is 0 Å². The molecule has 2 aromatic rings. The van der Waals surface area contributed by atoms with E-state index in [9.17, 15) is 14.0 Å². The van der Waals surface area contributed by atoms with Crippen molar-refractivity contribution in [3.05, 3.63) is 65.1 Å². The predicted molar refractivity (Wildman–Crippen MR) is 100 cm³/mol. The van der Waals surface area contributed by atoms with Crippen molar-refractivity contribution in [3.63, 3.8) is 0 Å². The van der Waals surface area contributed by atoms with Gasteiger partial charge in [-0.25, -0.2) is 14.2 Å². The molecule has 0 aromatic heterocycles. The van der Waals surface area contributed by atoms with Crippen LogP contribution >= 0.6 is 0 Å². The van der Waals surface area contributed by atoms with E-state index in [1.807, 2.05) is 0 Å². The van der Waals surface area contributed by atoms with E-state index in [1.165, 1.54) is 31.4 Å². The van der Waals surface area contributed by atoms with Gasteiger partial charge in [0.15, 0.2) is 17.2 Å². The standard InChI is InChI=1S/C21H18FNO5/c1-12(2)20(24)27-17-8-7-13(10-18(17)26-3)9-16-21(25)28-19(23-16)14-5-4-6-15(22)11-14/h4-12H,1-3H3/b16-9-. The number of carbonyl (C=O) groups is 2. The molecule has 144 valence electrons. The lowest BCUT2D eigenvalue weighted by Crippen LogP contribution is -2.15. The van der Waals surface area contributed by atoms with Gasteiger partial charge < -0.3 is 14.2 Å². The number of aliphatic imine (C=N–C) groups is 1. The van der Waals surface area contributed by atoms with Gasteiger partial charge in [-0.1, -0.05) is 26.0 Å². The van der Waals surface area contributed by atoms with Crippen molar-refractivity contribution in [3.8, 4) is 11.5 Å². The Morgan fingerprint density at radius 1 is 1.18 bits per heavy atom. The molecule has 0 radical (unpaired) electrons. The minimum Gasteiger partial charge on any atom is -0.493 e. The van der Waals surface area contributed by atoms with Crippen LogP contribution in [-0.2, 0) is 14.3 Å². The predicted octanol–water partition coefficient (Wildman–Crippen LogP) is 3.74. The first-order valence-corrected chi connectivity index (χ1v) is 8.55. The lowest BCUT2D eigenvalue weighted by Gasteiger charge is -2.11. The molecule has 7 heteroatoms. The van der Waals surface area contributed by atoms with Crippen LogP contribution in [-0.4, -0.2) is 24.9 Å². The maximum atomic E-state index is 13.4. The van der Waals surface area contributed by atoms with Gasteiger partial charge in [0.25, 0.3) is 0 Å². The van der Waals surface area contributed by atoms with Crippen LogP contribution in [0.15, 0.2) is 53.2 Å². The minimum atomic E-state index is -0.645. The summed E-state index contributed by atoms with van der Waals surface area (Å²) < 4.78 is 29.0. The lowest BCUT2D eigenvalue weighted by atomic mass is 10.1. The molecule has 1 aliphatic rings. The van der Waals surface area contributed by atoms with E-state index in [0.29, 0.717) is 16.9 Å². The minimum absolute atomic E-state index is 0.0326. The summed E-state index contributed by atoms with van der Waals surface area (Å²) in [4.78, 5) is 28.0. The molecular weight excluding hydrogens is 365 g/mol. The van der Waals surface area contributed by atoms with E-state index in [4.69, 9.17) is 14.2 Å². The van der Waals surface area contributed by atoms with Crippen molar-refractivity contribution in [2.45, 2.75) is 13.8 Å². The summed E-state index contributed by atoms with van der Waals surface area (Å²) in [5.41, 5.74) is 1.02. The largest absolute Gasteiger partial charge is 0.493 e. The zero-order valence-electron chi connectivity index (χ0n) is 15.6. The summed E-state index contributed by atoms with van der Waals surface area (Å²) in [6.07, 6.45) is 1.51. The van der Waals surface area contributed by atoms with Crippen LogP contribution in [0.1, 0.15) is 25.0 Å². The molecule has 0 saturated heterocycles. The number of ether oxygens (including phenoxy) is 3. The van der Waals surface area contributed by atoms with Crippen LogP contribution in [0.3, 0.4) is 0 Å². The number of benzene rings is 2. The molecule has 0 saturated carbocycles. The topological polar surface area (TPSA) is 74.2 Å². The lowest BCUT2D eigenvalue weighted by molar-refractivity contribution is -0.137. The van der Waals surface area contributed by atoms with Gasteiger partial charge in [-0.3, -0.25) is 4.79 Å². The fourth-order valence-corrected chi connectivity index (χ4v) is 2.40. The van der Waals surface area contributed by atoms with Crippen LogP contribution in [0.4, 0.5) is 4.39 Å². The third kappa shape index (κ3) is 4.25. The van der Waals surface area contributed by atoms with Crippen LogP contribution in [0.5, 0.6) is 11.5 Å². The second kappa shape index (κ2) is 8.04. The molecule has 0 N–H and O–H groups in total. The molecule has 0 aliphatic carbocycles. The number of cyclic esters (lactones) is 1. The summed E-state index contributed by atoms with van der Waals surface area (Å²) in [6.45, 7) is 3.46. The number of rotatable bonds is 5. The molecule has 6 nitrogen and oxygen atoms in total. The number of nitrogens with zero attached hydrogens (tertiary/aromatic N) is 1. The van der Waals surface area contributed by atoms with E-state index in [-0.39, 0.29) is 29.2 Å². The van der Waals surface area contributed by atoms with Crippen LogP contribution in [0, 0.1) is 11.7 Å². The van der Waals surface area contributed by atoms with Gasteiger partial charge >= 0.3 is 11.9 Å². The molecule has 3 rings (SSSR count). The Hall–Kier alpha value is -3.48. The Bertz CT molecular complexity index is 994. The second-order valence-corrected chi connectivity index (χ2v) is 6.33. The molecule has 0 unspecified atom stereocenters. The number of halogens is 1. The molecule has 0 atom stereocenters. The molecule has 0 spiro atoms. The maximum Gasteiger partial charge on any atom is 0.363 e. The highest BCUT2D eigenvalue weighted by Gasteiger charge is 2.24. The van der Waals surface area contributed by atoms with Gasteiger partial charge in [-0.15, -0.1) is 0 Å². The van der Waals surface area contributed by atoms with Crippen LogP contribution < -0.4 is 9.47 Å². The second-order valence-electron chi connectivity index (χ2n) is 6.33. The average molecular weight is 383 g/mol. The normalized spacial score (nSPS) is 14.8. The van der Waals surface area contributed by atoms with Gasteiger partial charge in [0.2, 0.25) is 5.90 Å². The van der Waals surface area contributed by atoms with Crippen molar-refractivity contribution < 1.29 is 28.2 Å². The molecule has 1 aliphatic heterocycles. The molecule has 0 amide bonds. The first-order chi connectivity index (χ1) is 13.4. The smallest absolute Gasteiger partial charge is 0.363 e. The van der Waals surface area contributed by atoms with Crippen molar-refractivity contribution in [1.29, 1.82) is 0 Å². The average Bonchev–Trinajstić information content (AvgIpc) is 3.03. The Kier molecular flexibility index (Phi) is 5.54. The number of carbonyl (C=O) groups excluding carboxylic acids is 2. The summed E-state index contributed by atoms with van der Waals surface area (Å²) in [7, 11) is 1.45. The quantitative estimate of drug-likeness (QED) is 0.447. The SMILES string of the molecule is COc1cc(/C=C2\N=C(c3cccc(F)c3)OC2=O)ccc1OC(=O)C(C)C. The van der Waals surface area contributed by atoms with E-state index in [2.05, 4.69) is 4.99 Å². The highest BCUT2D eigenvalue weighted by molar-refractivity contribution is 6.12. The zero-order valence-corrected chi connectivity index (χ0v) is 15.6. The summed E-state index contributed by atoms with van der Waals surface area (Å²) in [6, 6.07) is 10.5. The molecule has 0 bridgehead atoms. The molecule has 0 fully saturated rings. The third-order valence-corrected chi connectivity index (χ3v) is 3.87. The van der Waals surface area contributed by atoms with Crippen molar-refractivity contribution in [2.24, 2.45) is 10.9 Å². The number of hydrogen-bond donors (Lipinski definition) is 0. The van der Waals surface area contributed by atoms with E-state index >= 15 is 0 Å². The molecule has 28 heavy (non-hydrogen) atoms. The summed E-state index contributed by atoms with van der Waals surface area (Å²) in [5, 5.41) is 0. The number of methoxy groups -OCH3 is 1. The Morgan fingerprint density at radius 3 is 2.64 bits per heavy atom. The summed E-state index contributed by atoms with van der Waals surface area (Å²) >= 11 is 0. The van der Waals surface area contributed by atoms with Crippen molar-refractivity contribution in [2.75, 3.05) is 7.11 Å². The highest BCUT2D eigenvalue weighted by atomic mass is 19.1. The van der Waals surface area contributed by atoms with Gasteiger partial charge in [0.05, 0.1) is 13.0 Å². The molecule has 2 aromatic carbocycles. The third-order valence-electron chi connectivity index (χ3n) is 3.87. The highest BCUT2D eigenvalue weighted by Crippen LogP contribution is 2.30. The van der Waals surface area contributed by atoms with Gasteiger partial charge in [0.1, 0.15) is 5.82 Å². The van der Waals surface area contributed by atoms with Crippen molar-refractivity contribution in [1.82, 2.24) is 0 Å². The Labute approximate surface area is 161 Å². The Balaban J connectivity index is 1.88. The monoisotopic (exact) mass is 383 g/mol. The maximum absolute atomic E-state index is 13.4. The van der Waals surface area contributed by atoms with E-state index in [1.54, 1.807) is 38.1 Å². The van der Waals surface area contributed by atoms with E-state index < -0.39 is 11.8 Å². The number of esters is 2. The zero-order chi connectivity index (χ0) is 20.3. The van der Waals surface area contributed by atoms with Gasteiger partial charge in [0, 0.05) is 5.56 Å². The van der Waals surface area contributed by atoms with Crippen LogP contribution in [0.25, 0.3) is 6.08 Å².